The van der Waals surface area contributed by atoms with E-state index in [9.17, 15) is 4.79 Å². The highest BCUT2D eigenvalue weighted by molar-refractivity contribution is 8.00. The molecule has 0 radical (unpaired) electrons. The average Bonchev–Trinajstić information content (AvgIpc) is 2.86. The van der Waals surface area contributed by atoms with Crippen molar-refractivity contribution in [2.24, 2.45) is 0 Å². The summed E-state index contributed by atoms with van der Waals surface area (Å²) in [5.41, 5.74) is 0.661. The van der Waals surface area contributed by atoms with Crippen LogP contribution in [0, 0.1) is 0 Å². The normalized spacial score (nSPS) is 12.1. The number of benzene rings is 1. The second kappa shape index (κ2) is 7.72. The Bertz CT molecular complexity index is 621. The molecule has 2 rings (SSSR count). The molecule has 2 aromatic rings. The molecular formula is C13H14ClN3O2S2. The van der Waals surface area contributed by atoms with Crippen LogP contribution in [0.25, 0.3) is 0 Å². The maximum absolute atomic E-state index is 12.1. The standard InChI is InChI=1S/C13H14ClN3O2S2/c1-8(21-13-17-16-11(19-13)7-20-2)12(18)15-10-5-3-4-9(14)6-10/h3-6,8H,7H2,1-2H3,(H,15,18). The number of hydrogen-bond donors (Lipinski definition) is 1. The van der Waals surface area contributed by atoms with Gasteiger partial charge < -0.3 is 9.73 Å². The number of thioether (sulfide) groups is 2. The number of aromatic nitrogens is 2. The van der Waals surface area contributed by atoms with E-state index in [0.717, 1.165) is 0 Å². The maximum Gasteiger partial charge on any atom is 0.277 e. The minimum Gasteiger partial charge on any atom is -0.415 e. The van der Waals surface area contributed by atoms with Gasteiger partial charge in [-0.05, 0) is 31.4 Å². The van der Waals surface area contributed by atoms with Crippen molar-refractivity contribution in [2.75, 3.05) is 11.6 Å². The Morgan fingerprint density at radius 3 is 3.00 bits per heavy atom. The molecule has 1 amide bonds. The van der Waals surface area contributed by atoms with Gasteiger partial charge >= 0.3 is 0 Å². The number of rotatable bonds is 6. The molecule has 0 saturated heterocycles. The van der Waals surface area contributed by atoms with Gasteiger partial charge in [0.1, 0.15) is 0 Å². The lowest BCUT2D eigenvalue weighted by atomic mass is 10.3. The molecular weight excluding hydrogens is 330 g/mol. The molecule has 1 N–H and O–H groups in total. The quantitative estimate of drug-likeness (QED) is 0.806. The average molecular weight is 344 g/mol. The van der Waals surface area contributed by atoms with Crippen LogP contribution < -0.4 is 5.32 Å². The van der Waals surface area contributed by atoms with Crippen molar-refractivity contribution in [3.8, 4) is 0 Å². The lowest BCUT2D eigenvalue weighted by Gasteiger charge is -2.09. The van der Waals surface area contributed by atoms with Crippen LogP contribution in [0.4, 0.5) is 5.69 Å². The monoisotopic (exact) mass is 343 g/mol. The van der Waals surface area contributed by atoms with Gasteiger partial charge in [-0.2, -0.15) is 11.8 Å². The molecule has 1 aromatic carbocycles. The van der Waals surface area contributed by atoms with Gasteiger partial charge in [-0.1, -0.05) is 29.4 Å². The van der Waals surface area contributed by atoms with Crippen molar-refractivity contribution < 1.29 is 9.21 Å². The highest BCUT2D eigenvalue weighted by Crippen LogP contribution is 2.24. The van der Waals surface area contributed by atoms with Crippen LogP contribution in [0.15, 0.2) is 33.9 Å². The number of anilines is 1. The first kappa shape index (κ1) is 16.2. The molecule has 1 atom stereocenters. The van der Waals surface area contributed by atoms with E-state index in [0.29, 0.717) is 27.6 Å². The van der Waals surface area contributed by atoms with E-state index in [4.69, 9.17) is 16.0 Å². The van der Waals surface area contributed by atoms with Crippen LogP contribution in [0.1, 0.15) is 12.8 Å². The fraction of sp³-hybridized carbons (Fsp3) is 0.308. The van der Waals surface area contributed by atoms with Crippen LogP contribution in [0.3, 0.4) is 0 Å². The molecule has 0 spiro atoms. The summed E-state index contributed by atoms with van der Waals surface area (Å²) in [6.07, 6.45) is 1.96. The molecule has 0 aliphatic carbocycles. The molecule has 1 aromatic heterocycles. The second-order valence-corrected chi connectivity index (χ2v) is 6.75. The number of halogens is 1. The molecule has 0 aliphatic heterocycles. The SMILES string of the molecule is CSCc1nnc(SC(C)C(=O)Nc2cccc(Cl)c2)o1. The van der Waals surface area contributed by atoms with Gasteiger partial charge in [0.05, 0.1) is 11.0 Å². The Balaban J connectivity index is 1.92. The van der Waals surface area contributed by atoms with Crippen molar-refractivity contribution in [1.29, 1.82) is 0 Å². The summed E-state index contributed by atoms with van der Waals surface area (Å²) in [5.74, 6) is 1.08. The number of amides is 1. The number of carbonyl (C=O) groups is 1. The highest BCUT2D eigenvalue weighted by atomic mass is 35.5. The van der Waals surface area contributed by atoms with Crippen LogP contribution in [-0.2, 0) is 10.5 Å². The molecule has 0 aliphatic rings. The molecule has 1 unspecified atom stereocenters. The molecule has 0 saturated carbocycles. The van der Waals surface area contributed by atoms with E-state index < -0.39 is 0 Å². The number of nitrogens with zero attached hydrogens (tertiary/aromatic N) is 2. The van der Waals surface area contributed by atoms with Crippen molar-refractivity contribution in [3.05, 3.63) is 35.2 Å². The Morgan fingerprint density at radius 2 is 2.29 bits per heavy atom. The Labute approximate surface area is 136 Å². The lowest BCUT2D eigenvalue weighted by Crippen LogP contribution is -2.22. The number of nitrogens with one attached hydrogen (secondary N) is 1. The first-order chi connectivity index (χ1) is 10.1. The largest absolute Gasteiger partial charge is 0.415 e. The third-order valence-electron chi connectivity index (χ3n) is 2.46. The van der Waals surface area contributed by atoms with Gasteiger partial charge in [0.15, 0.2) is 0 Å². The van der Waals surface area contributed by atoms with E-state index in [1.54, 1.807) is 43.0 Å². The topological polar surface area (TPSA) is 68.0 Å². The van der Waals surface area contributed by atoms with E-state index >= 15 is 0 Å². The highest BCUT2D eigenvalue weighted by Gasteiger charge is 2.18. The Morgan fingerprint density at radius 1 is 1.48 bits per heavy atom. The summed E-state index contributed by atoms with van der Waals surface area (Å²) < 4.78 is 5.43. The molecule has 0 bridgehead atoms. The molecule has 21 heavy (non-hydrogen) atoms. The van der Waals surface area contributed by atoms with E-state index in [1.807, 2.05) is 6.26 Å². The molecule has 0 fully saturated rings. The molecule has 5 nitrogen and oxygen atoms in total. The fourth-order valence-corrected chi connectivity index (χ4v) is 2.74. The van der Waals surface area contributed by atoms with Crippen LogP contribution >= 0.6 is 35.1 Å². The summed E-state index contributed by atoms with van der Waals surface area (Å²) in [7, 11) is 0. The lowest BCUT2D eigenvalue weighted by molar-refractivity contribution is -0.115. The summed E-state index contributed by atoms with van der Waals surface area (Å²) in [4.78, 5) is 12.1. The van der Waals surface area contributed by atoms with Gasteiger partial charge in [0.25, 0.3) is 5.22 Å². The zero-order valence-corrected chi connectivity index (χ0v) is 13.9. The third-order valence-corrected chi connectivity index (χ3v) is 4.16. The summed E-state index contributed by atoms with van der Waals surface area (Å²) in [6, 6.07) is 7.01. The van der Waals surface area contributed by atoms with Crippen molar-refractivity contribution >= 4 is 46.7 Å². The molecule has 1 heterocycles. The van der Waals surface area contributed by atoms with Crippen molar-refractivity contribution in [3.63, 3.8) is 0 Å². The zero-order valence-electron chi connectivity index (χ0n) is 11.5. The van der Waals surface area contributed by atoms with Crippen molar-refractivity contribution in [1.82, 2.24) is 10.2 Å². The molecule has 112 valence electrons. The Hall–Kier alpha value is -1.18. The van der Waals surface area contributed by atoms with Crippen LogP contribution in [-0.4, -0.2) is 27.6 Å². The first-order valence-corrected chi connectivity index (χ1v) is 8.78. The first-order valence-electron chi connectivity index (χ1n) is 6.13. The second-order valence-electron chi connectivity index (χ2n) is 4.15. The minimum absolute atomic E-state index is 0.146. The van der Waals surface area contributed by atoms with E-state index in [1.165, 1.54) is 11.8 Å². The smallest absolute Gasteiger partial charge is 0.277 e. The van der Waals surface area contributed by atoms with Crippen LogP contribution in [0.5, 0.6) is 0 Å². The van der Waals surface area contributed by atoms with Gasteiger partial charge in [0, 0.05) is 10.7 Å². The van der Waals surface area contributed by atoms with Crippen molar-refractivity contribution in [2.45, 2.75) is 23.1 Å². The third kappa shape index (κ3) is 4.94. The van der Waals surface area contributed by atoms with Crippen LogP contribution in [0.2, 0.25) is 5.02 Å². The zero-order chi connectivity index (χ0) is 15.2. The van der Waals surface area contributed by atoms with Gasteiger partial charge in [-0.25, -0.2) is 0 Å². The fourth-order valence-electron chi connectivity index (χ4n) is 1.48. The summed E-state index contributed by atoms with van der Waals surface area (Å²) in [6.45, 7) is 1.78. The summed E-state index contributed by atoms with van der Waals surface area (Å²) in [5, 5.41) is 11.2. The number of carbonyl (C=O) groups excluding carboxylic acids is 1. The van der Waals surface area contributed by atoms with E-state index in [-0.39, 0.29) is 11.2 Å². The predicted molar refractivity (Wildman–Crippen MR) is 86.9 cm³/mol. The minimum atomic E-state index is -0.355. The number of hydrogen-bond acceptors (Lipinski definition) is 6. The summed E-state index contributed by atoms with van der Waals surface area (Å²) >= 11 is 8.70. The van der Waals surface area contributed by atoms with Gasteiger partial charge in [-0.15, -0.1) is 10.2 Å². The molecule has 8 heteroatoms. The predicted octanol–water partition coefficient (Wildman–Crippen LogP) is 3.71. The van der Waals surface area contributed by atoms with E-state index in [2.05, 4.69) is 15.5 Å². The van der Waals surface area contributed by atoms with Gasteiger partial charge in [0.2, 0.25) is 11.8 Å². The Kier molecular flexibility index (Phi) is 5.96. The maximum atomic E-state index is 12.1. The van der Waals surface area contributed by atoms with Gasteiger partial charge in [-0.3, -0.25) is 4.79 Å².